The number of carbonyl (C=O) groups excluding carboxylic acids is 1. The topological polar surface area (TPSA) is 49.4 Å². The molecule has 1 N–H and O–H groups in total. The summed E-state index contributed by atoms with van der Waals surface area (Å²) in [7, 11) is -1.53. The number of carbonyl (C=O) groups is 1. The van der Waals surface area contributed by atoms with Crippen molar-refractivity contribution in [2.24, 2.45) is 0 Å². The lowest BCUT2D eigenvalue weighted by atomic mass is 10.0. The van der Waals surface area contributed by atoms with E-state index in [1.54, 1.807) is 11.0 Å². The van der Waals surface area contributed by atoms with E-state index in [4.69, 9.17) is 0 Å². The van der Waals surface area contributed by atoms with Gasteiger partial charge in [0, 0.05) is 29.9 Å². The summed E-state index contributed by atoms with van der Waals surface area (Å²) in [6.45, 7) is 4.07. The van der Waals surface area contributed by atoms with Gasteiger partial charge >= 0.3 is 0 Å². The van der Waals surface area contributed by atoms with Crippen LogP contribution in [0.1, 0.15) is 36.5 Å². The Morgan fingerprint density at radius 3 is 2.52 bits per heavy atom. The van der Waals surface area contributed by atoms with Crippen LogP contribution < -0.4 is 9.62 Å². The van der Waals surface area contributed by atoms with Crippen LogP contribution in [0, 0.1) is 18.6 Å². The molecular formula is C20H22F2N2O2S. The third-order valence-electron chi connectivity index (χ3n) is 4.60. The van der Waals surface area contributed by atoms with Gasteiger partial charge in [-0.2, -0.15) is 0 Å². The molecular weight excluding hydrogens is 370 g/mol. The van der Waals surface area contributed by atoms with E-state index >= 15 is 0 Å². The van der Waals surface area contributed by atoms with Crippen molar-refractivity contribution < 1.29 is 17.8 Å². The fourth-order valence-corrected chi connectivity index (χ4v) is 4.12. The van der Waals surface area contributed by atoms with Crippen molar-refractivity contribution in [3.63, 3.8) is 0 Å². The Hall–Kier alpha value is -2.28. The maximum absolute atomic E-state index is 13.6. The molecule has 27 heavy (non-hydrogen) atoms. The van der Waals surface area contributed by atoms with Crippen molar-refractivity contribution >= 4 is 28.3 Å². The molecule has 0 aliphatic carbocycles. The second-order valence-corrected chi connectivity index (χ2v) is 7.85. The number of rotatable bonds is 6. The highest BCUT2D eigenvalue weighted by molar-refractivity contribution is 7.85. The van der Waals surface area contributed by atoms with Crippen LogP contribution >= 0.6 is 0 Å². The normalized spacial score (nSPS) is 14.8. The molecule has 0 radical (unpaired) electrons. The first kappa shape index (κ1) is 19.5. The number of hydrogen-bond acceptors (Lipinski definition) is 2. The number of nitrogens with zero attached hydrogens (tertiary/aromatic N) is 1. The van der Waals surface area contributed by atoms with Gasteiger partial charge in [0.1, 0.15) is 22.6 Å². The van der Waals surface area contributed by atoms with E-state index in [0.29, 0.717) is 30.6 Å². The van der Waals surface area contributed by atoms with Gasteiger partial charge in [0.05, 0.1) is 5.75 Å². The van der Waals surface area contributed by atoms with Crippen molar-refractivity contribution in [3.8, 4) is 0 Å². The monoisotopic (exact) mass is 392 g/mol. The molecule has 0 fully saturated rings. The van der Waals surface area contributed by atoms with Gasteiger partial charge in [-0.05, 0) is 61.2 Å². The Bertz CT molecular complexity index is 879. The summed E-state index contributed by atoms with van der Waals surface area (Å²) in [5.41, 5.74) is 2.87. The highest BCUT2D eigenvalue weighted by Gasteiger charge is 2.23. The average Bonchev–Trinajstić information content (AvgIpc) is 2.62. The van der Waals surface area contributed by atoms with Crippen LogP contribution in [-0.4, -0.2) is 16.7 Å². The summed E-state index contributed by atoms with van der Waals surface area (Å²) in [4.78, 5) is 13.9. The van der Waals surface area contributed by atoms with Crippen molar-refractivity contribution in [1.29, 1.82) is 0 Å². The highest BCUT2D eigenvalue weighted by atomic mass is 32.2. The molecule has 0 spiro atoms. The Morgan fingerprint density at radius 2 is 1.85 bits per heavy atom. The summed E-state index contributed by atoms with van der Waals surface area (Å²) >= 11 is 0. The molecule has 1 amide bonds. The van der Waals surface area contributed by atoms with Crippen LogP contribution in [0.3, 0.4) is 0 Å². The number of fused-ring (bicyclic) bond motifs is 1. The first-order valence-electron chi connectivity index (χ1n) is 8.92. The molecule has 2 aromatic carbocycles. The van der Waals surface area contributed by atoms with E-state index in [1.165, 1.54) is 19.1 Å². The van der Waals surface area contributed by atoms with Gasteiger partial charge < -0.3 is 9.62 Å². The van der Waals surface area contributed by atoms with Crippen molar-refractivity contribution in [2.75, 3.05) is 16.2 Å². The zero-order valence-corrected chi connectivity index (χ0v) is 16.2. The lowest BCUT2D eigenvalue weighted by molar-refractivity contribution is -0.118. The second kappa shape index (κ2) is 8.17. The van der Waals surface area contributed by atoms with Crippen LogP contribution in [-0.2, 0) is 28.0 Å². The van der Waals surface area contributed by atoms with Gasteiger partial charge in [0.2, 0.25) is 5.91 Å². The second-order valence-electron chi connectivity index (χ2n) is 6.67. The average molecular weight is 392 g/mol. The minimum atomic E-state index is -1.53. The fourth-order valence-electron chi connectivity index (χ4n) is 3.19. The number of anilines is 2. The molecule has 7 heteroatoms. The molecule has 4 nitrogen and oxygen atoms in total. The molecule has 1 heterocycles. The van der Waals surface area contributed by atoms with E-state index < -0.39 is 22.6 Å². The molecule has 2 aromatic rings. The third kappa shape index (κ3) is 4.35. The largest absolute Gasteiger partial charge is 0.312 e. The highest BCUT2D eigenvalue weighted by Crippen LogP contribution is 2.30. The van der Waals surface area contributed by atoms with Gasteiger partial charge in [-0.25, -0.2) is 13.0 Å². The van der Waals surface area contributed by atoms with Crippen LogP contribution in [0.5, 0.6) is 0 Å². The Kier molecular flexibility index (Phi) is 5.89. The molecule has 0 bridgehead atoms. The summed E-state index contributed by atoms with van der Waals surface area (Å²) in [6.07, 6.45) is 1.98. The summed E-state index contributed by atoms with van der Waals surface area (Å²) in [6, 6.07) is 7.93. The van der Waals surface area contributed by atoms with Gasteiger partial charge in [0.15, 0.2) is 0 Å². The third-order valence-corrected chi connectivity index (χ3v) is 5.66. The molecule has 1 aliphatic rings. The van der Waals surface area contributed by atoms with Crippen LogP contribution in [0.4, 0.5) is 20.2 Å². The first-order valence-corrected chi connectivity index (χ1v) is 10.2. The number of halogens is 2. The zero-order valence-electron chi connectivity index (χ0n) is 15.4. The van der Waals surface area contributed by atoms with Crippen LogP contribution in [0.25, 0.3) is 0 Å². The van der Waals surface area contributed by atoms with E-state index in [0.717, 1.165) is 17.7 Å². The predicted molar refractivity (Wildman–Crippen MR) is 104 cm³/mol. The van der Waals surface area contributed by atoms with Crippen molar-refractivity contribution in [1.82, 2.24) is 0 Å². The van der Waals surface area contributed by atoms with E-state index in [9.17, 15) is 17.8 Å². The lowest BCUT2D eigenvalue weighted by Gasteiger charge is -2.29. The van der Waals surface area contributed by atoms with Crippen LogP contribution in [0.2, 0.25) is 0 Å². The Morgan fingerprint density at radius 1 is 1.15 bits per heavy atom. The van der Waals surface area contributed by atoms with Gasteiger partial charge in [-0.3, -0.25) is 4.79 Å². The molecule has 0 saturated carbocycles. The molecule has 3 rings (SSSR count). The molecule has 0 saturated heterocycles. The maximum Gasteiger partial charge on any atom is 0.227 e. The number of nitrogens with one attached hydrogen (secondary N) is 1. The Balaban J connectivity index is 1.73. The molecule has 1 aliphatic heterocycles. The minimum absolute atomic E-state index is 0.00828. The smallest absolute Gasteiger partial charge is 0.227 e. The molecule has 1 atom stereocenters. The number of hydrogen-bond donors (Lipinski definition) is 1. The van der Waals surface area contributed by atoms with Gasteiger partial charge in [0.25, 0.3) is 0 Å². The molecule has 1 unspecified atom stereocenters. The van der Waals surface area contributed by atoms with E-state index in [1.807, 2.05) is 19.1 Å². The Labute approximate surface area is 160 Å². The SMILES string of the molecule is CCCN1C(=O)CCc2cc(NS(=O)Cc3cc(F)c(C)c(F)c3)ccc21. The summed E-state index contributed by atoms with van der Waals surface area (Å²) in [5, 5.41) is 0. The zero-order chi connectivity index (χ0) is 19.6. The fraction of sp³-hybridized carbons (Fsp3) is 0.350. The number of amides is 1. The van der Waals surface area contributed by atoms with E-state index in [-0.39, 0.29) is 17.2 Å². The van der Waals surface area contributed by atoms with E-state index in [2.05, 4.69) is 4.72 Å². The summed E-state index contributed by atoms with van der Waals surface area (Å²) in [5.74, 6) is -1.17. The van der Waals surface area contributed by atoms with Crippen molar-refractivity contribution in [3.05, 3.63) is 58.7 Å². The van der Waals surface area contributed by atoms with Gasteiger partial charge in [-0.15, -0.1) is 0 Å². The van der Waals surface area contributed by atoms with Crippen LogP contribution in [0.15, 0.2) is 30.3 Å². The van der Waals surface area contributed by atoms with Gasteiger partial charge in [-0.1, -0.05) is 6.92 Å². The molecule has 0 aromatic heterocycles. The number of benzene rings is 2. The standard InChI is InChI=1S/C20H22F2N2O2S/c1-3-8-24-19-6-5-16(11-15(19)4-7-20(24)25)23-27(26)12-14-9-17(21)13(2)18(22)10-14/h5-6,9-11,23H,3-4,7-8,12H2,1-2H3. The summed E-state index contributed by atoms with van der Waals surface area (Å²) < 4.78 is 42.5. The maximum atomic E-state index is 13.6. The van der Waals surface area contributed by atoms with Crippen molar-refractivity contribution in [2.45, 2.75) is 38.9 Å². The number of aryl methyl sites for hydroxylation is 1. The molecule has 144 valence electrons. The lowest BCUT2D eigenvalue weighted by Crippen LogP contribution is -2.35. The minimum Gasteiger partial charge on any atom is -0.312 e. The predicted octanol–water partition coefficient (Wildman–Crippen LogP) is 4.24. The quantitative estimate of drug-likeness (QED) is 0.799. The first-order chi connectivity index (χ1) is 12.9.